The van der Waals surface area contributed by atoms with E-state index in [1.54, 1.807) is 11.8 Å². The number of hydrogen-bond donors (Lipinski definition) is 2. The lowest BCUT2D eigenvalue weighted by molar-refractivity contribution is -0.133. The summed E-state index contributed by atoms with van der Waals surface area (Å²) in [5.74, 6) is -0.806. The quantitative estimate of drug-likeness (QED) is 0.649. The summed E-state index contributed by atoms with van der Waals surface area (Å²) < 4.78 is 1.50. The van der Waals surface area contributed by atoms with Crippen molar-refractivity contribution in [3.05, 3.63) is 52.3 Å². The molecule has 0 saturated heterocycles. The van der Waals surface area contributed by atoms with Crippen molar-refractivity contribution in [1.82, 2.24) is 25.3 Å². The molecule has 2 heterocycles. The summed E-state index contributed by atoms with van der Waals surface area (Å²) in [6, 6.07) is 9.12. The second-order valence-corrected chi connectivity index (χ2v) is 9.42. The van der Waals surface area contributed by atoms with E-state index in [2.05, 4.69) is 15.7 Å². The molecular formula is C24H30ClN5O3. The Morgan fingerprint density at radius 3 is 2.58 bits per heavy atom. The number of benzene rings is 1. The predicted octanol–water partition coefficient (Wildman–Crippen LogP) is 2.80. The molecule has 0 spiro atoms. The second kappa shape index (κ2) is 9.55. The fraction of sp³-hybridized carbons (Fsp3) is 0.500. The summed E-state index contributed by atoms with van der Waals surface area (Å²) in [6.07, 6.45) is 4.80. The van der Waals surface area contributed by atoms with Crippen LogP contribution >= 0.6 is 11.6 Å². The minimum absolute atomic E-state index is 0.157. The third-order valence-corrected chi connectivity index (χ3v) is 6.89. The lowest BCUT2D eigenvalue weighted by Gasteiger charge is -2.43. The van der Waals surface area contributed by atoms with Crippen molar-refractivity contribution in [3.63, 3.8) is 0 Å². The average Bonchev–Trinajstić information content (AvgIpc) is 3.45. The lowest BCUT2D eigenvalue weighted by Crippen LogP contribution is -2.64. The molecule has 4 rings (SSSR count). The van der Waals surface area contributed by atoms with Crippen LogP contribution in [0.5, 0.6) is 0 Å². The van der Waals surface area contributed by atoms with Gasteiger partial charge in [-0.25, -0.2) is 0 Å². The molecular weight excluding hydrogens is 442 g/mol. The maximum atomic E-state index is 13.2. The molecule has 3 amide bonds. The standard InChI is InChI=1S/C24H30ClN5O3/c1-3-29-22(32)20-14-19(21(31)26-13-12-16-8-10-17(25)11-9-16)28-30(20)15-24(29,2)23(33)27-18-6-4-5-7-18/h8-11,14,18H,3-7,12-13,15H2,1-2H3,(H,26,31)(H,27,33)/t24-/m1/s1. The minimum atomic E-state index is -1.06. The Hall–Kier alpha value is -2.87. The van der Waals surface area contributed by atoms with Crippen LogP contribution in [0.3, 0.4) is 0 Å². The molecule has 2 N–H and O–H groups in total. The highest BCUT2D eigenvalue weighted by Crippen LogP contribution is 2.28. The SMILES string of the molecule is CCN1C(=O)c2cc(C(=O)NCCc3ccc(Cl)cc3)nn2C[C@]1(C)C(=O)NC1CCCC1. The van der Waals surface area contributed by atoms with Gasteiger partial charge in [0.2, 0.25) is 5.91 Å². The predicted molar refractivity (Wildman–Crippen MR) is 125 cm³/mol. The van der Waals surface area contributed by atoms with Crippen molar-refractivity contribution in [1.29, 1.82) is 0 Å². The molecule has 0 bridgehead atoms. The van der Waals surface area contributed by atoms with Crippen LogP contribution < -0.4 is 10.6 Å². The molecule has 1 aromatic heterocycles. The van der Waals surface area contributed by atoms with Gasteiger partial charge in [-0.3, -0.25) is 19.1 Å². The van der Waals surface area contributed by atoms with Gasteiger partial charge < -0.3 is 15.5 Å². The van der Waals surface area contributed by atoms with Crippen molar-refractivity contribution in [2.24, 2.45) is 0 Å². The monoisotopic (exact) mass is 471 g/mol. The number of likely N-dealkylation sites (N-methyl/N-ethyl adjacent to an activating group) is 1. The first-order valence-electron chi connectivity index (χ1n) is 11.5. The van der Waals surface area contributed by atoms with E-state index in [0.29, 0.717) is 30.2 Å². The van der Waals surface area contributed by atoms with Crippen LogP contribution in [0.4, 0.5) is 0 Å². The maximum absolute atomic E-state index is 13.2. The van der Waals surface area contributed by atoms with Crippen LogP contribution in [-0.2, 0) is 17.8 Å². The molecule has 1 saturated carbocycles. The number of nitrogens with one attached hydrogen (secondary N) is 2. The van der Waals surface area contributed by atoms with E-state index < -0.39 is 5.54 Å². The van der Waals surface area contributed by atoms with Crippen LogP contribution in [0.2, 0.25) is 5.02 Å². The van der Waals surface area contributed by atoms with Crippen molar-refractivity contribution in [2.45, 2.75) is 64.1 Å². The summed E-state index contributed by atoms with van der Waals surface area (Å²) in [5, 5.41) is 11.0. The molecule has 9 heteroatoms. The van der Waals surface area contributed by atoms with Crippen LogP contribution in [0.1, 0.15) is 66.1 Å². The van der Waals surface area contributed by atoms with Gasteiger partial charge >= 0.3 is 0 Å². The Bertz CT molecular complexity index is 1040. The Morgan fingerprint density at radius 1 is 1.21 bits per heavy atom. The summed E-state index contributed by atoms with van der Waals surface area (Å²) in [4.78, 5) is 40.7. The van der Waals surface area contributed by atoms with Crippen molar-refractivity contribution >= 4 is 29.3 Å². The van der Waals surface area contributed by atoms with Gasteiger partial charge in [0.1, 0.15) is 11.2 Å². The fourth-order valence-electron chi connectivity index (χ4n) is 4.72. The Labute approximate surface area is 198 Å². The van der Waals surface area contributed by atoms with Gasteiger partial charge in [0, 0.05) is 30.2 Å². The minimum Gasteiger partial charge on any atom is -0.351 e. The van der Waals surface area contributed by atoms with E-state index in [0.717, 1.165) is 31.2 Å². The first kappa shape index (κ1) is 23.3. The van der Waals surface area contributed by atoms with E-state index in [1.165, 1.54) is 10.7 Å². The number of carbonyl (C=O) groups is 3. The molecule has 0 radical (unpaired) electrons. The molecule has 0 unspecified atom stereocenters. The average molecular weight is 472 g/mol. The Kier molecular flexibility index (Phi) is 6.74. The molecule has 1 aliphatic heterocycles. The molecule has 33 heavy (non-hydrogen) atoms. The van der Waals surface area contributed by atoms with E-state index in [-0.39, 0.29) is 36.0 Å². The zero-order valence-corrected chi connectivity index (χ0v) is 19.8. The van der Waals surface area contributed by atoms with Crippen molar-refractivity contribution in [3.8, 4) is 0 Å². The molecule has 1 fully saturated rings. The van der Waals surface area contributed by atoms with Crippen LogP contribution in [0.15, 0.2) is 30.3 Å². The summed E-state index contributed by atoms with van der Waals surface area (Å²) in [7, 11) is 0. The van der Waals surface area contributed by atoms with E-state index in [4.69, 9.17) is 11.6 Å². The third-order valence-electron chi connectivity index (χ3n) is 6.64. The summed E-state index contributed by atoms with van der Waals surface area (Å²) >= 11 is 5.90. The van der Waals surface area contributed by atoms with Gasteiger partial charge in [-0.05, 0) is 50.8 Å². The van der Waals surface area contributed by atoms with Gasteiger partial charge in [-0.1, -0.05) is 36.6 Å². The molecule has 2 aliphatic rings. The van der Waals surface area contributed by atoms with Gasteiger partial charge in [0.15, 0.2) is 5.69 Å². The summed E-state index contributed by atoms with van der Waals surface area (Å²) in [5.41, 5.74) is 0.494. The van der Waals surface area contributed by atoms with Crippen molar-refractivity contribution < 1.29 is 14.4 Å². The van der Waals surface area contributed by atoms with Gasteiger partial charge in [-0.2, -0.15) is 5.10 Å². The zero-order valence-electron chi connectivity index (χ0n) is 19.1. The lowest BCUT2D eigenvalue weighted by atomic mass is 9.94. The largest absolute Gasteiger partial charge is 0.351 e. The van der Waals surface area contributed by atoms with Crippen LogP contribution in [-0.4, -0.2) is 57.1 Å². The first-order chi connectivity index (χ1) is 15.8. The molecule has 1 aromatic carbocycles. The highest BCUT2D eigenvalue weighted by Gasteiger charge is 2.48. The number of carbonyl (C=O) groups excluding carboxylic acids is 3. The second-order valence-electron chi connectivity index (χ2n) is 8.98. The number of hydrogen-bond acceptors (Lipinski definition) is 4. The normalized spacial score (nSPS) is 20.6. The van der Waals surface area contributed by atoms with Crippen molar-refractivity contribution in [2.75, 3.05) is 13.1 Å². The maximum Gasteiger partial charge on any atom is 0.273 e. The van der Waals surface area contributed by atoms with E-state index in [9.17, 15) is 14.4 Å². The molecule has 1 atom stereocenters. The number of aromatic nitrogens is 2. The van der Waals surface area contributed by atoms with E-state index >= 15 is 0 Å². The summed E-state index contributed by atoms with van der Waals surface area (Å²) in [6.45, 7) is 4.66. The van der Waals surface area contributed by atoms with Gasteiger partial charge in [-0.15, -0.1) is 0 Å². The van der Waals surface area contributed by atoms with Crippen LogP contribution in [0.25, 0.3) is 0 Å². The first-order valence-corrected chi connectivity index (χ1v) is 11.9. The molecule has 176 valence electrons. The number of rotatable bonds is 7. The highest BCUT2D eigenvalue weighted by molar-refractivity contribution is 6.30. The van der Waals surface area contributed by atoms with Gasteiger partial charge in [0.05, 0.1) is 6.54 Å². The topological polar surface area (TPSA) is 96.3 Å². The Balaban J connectivity index is 1.45. The highest BCUT2D eigenvalue weighted by atomic mass is 35.5. The number of halogens is 1. The smallest absolute Gasteiger partial charge is 0.273 e. The molecule has 2 aromatic rings. The van der Waals surface area contributed by atoms with Gasteiger partial charge in [0.25, 0.3) is 11.8 Å². The number of fused-ring (bicyclic) bond motifs is 1. The number of amides is 3. The molecule has 1 aliphatic carbocycles. The fourth-order valence-corrected chi connectivity index (χ4v) is 4.85. The molecule has 8 nitrogen and oxygen atoms in total. The third kappa shape index (κ3) is 4.76. The Morgan fingerprint density at radius 2 is 1.91 bits per heavy atom. The van der Waals surface area contributed by atoms with Crippen LogP contribution in [0, 0.1) is 0 Å². The van der Waals surface area contributed by atoms with E-state index in [1.807, 2.05) is 31.2 Å². The zero-order chi connectivity index (χ0) is 23.6. The number of nitrogens with zero attached hydrogens (tertiary/aromatic N) is 3.